The van der Waals surface area contributed by atoms with Crippen molar-refractivity contribution in [1.82, 2.24) is 15.4 Å². The number of nitrogens with zero attached hydrogens (tertiary/aromatic N) is 2. The van der Waals surface area contributed by atoms with Crippen LogP contribution in [0.4, 0.5) is 0 Å². The van der Waals surface area contributed by atoms with E-state index in [2.05, 4.69) is 10.5 Å². The van der Waals surface area contributed by atoms with Crippen molar-refractivity contribution in [2.24, 2.45) is 0 Å². The van der Waals surface area contributed by atoms with Crippen molar-refractivity contribution in [2.75, 3.05) is 19.6 Å². The fourth-order valence-corrected chi connectivity index (χ4v) is 3.44. The van der Waals surface area contributed by atoms with Gasteiger partial charge in [-0.3, -0.25) is 4.79 Å². The highest BCUT2D eigenvalue weighted by Crippen LogP contribution is 2.35. The number of nitrogens with one attached hydrogen (secondary N) is 1. The summed E-state index contributed by atoms with van der Waals surface area (Å²) < 4.78 is 5.15. The van der Waals surface area contributed by atoms with Gasteiger partial charge in [-0.15, -0.1) is 0 Å². The molecule has 19 heavy (non-hydrogen) atoms. The molecule has 1 saturated carbocycles. The Morgan fingerprint density at radius 1 is 1.42 bits per heavy atom. The minimum absolute atomic E-state index is 0.00713. The van der Waals surface area contributed by atoms with Gasteiger partial charge >= 0.3 is 0 Å². The second-order valence-corrected chi connectivity index (χ2v) is 5.76. The predicted molar refractivity (Wildman–Crippen MR) is 71.0 cm³/mol. The van der Waals surface area contributed by atoms with Gasteiger partial charge in [0.15, 0.2) is 0 Å². The molecule has 1 aliphatic heterocycles. The lowest BCUT2D eigenvalue weighted by molar-refractivity contribution is 0.0188. The maximum absolute atomic E-state index is 12.7. The SMILES string of the molecule is Cc1cnoc1C(=O)N1CCNCC12CCCCC2. The molecule has 2 heterocycles. The van der Waals surface area contributed by atoms with E-state index in [1.165, 1.54) is 19.3 Å². The van der Waals surface area contributed by atoms with Crippen LogP contribution in [0.1, 0.15) is 48.2 Å². The van der Waals surface area contributed by atoms with Gasteiger partial charge in [0.2, 0.25) is 5.76 Å². The average Bonchev–Trinajstić information content (AvgIpc) is 2.86. The average molecular weight is 263 g/mol. The first-order chi connectivity index (χ1) is 9.23. The van der Waals surface area contributed by atoms with Crippen LogP contribution in [0, 0.1) is 6.92 Å². The van der Waals surface area contributed by atoms with Gasteiger partial charge in [0.05, 0.1) is 11.7 Å². The monoisotopic (exact) mass is 263 g/mol. The van der Waals surface area contributed by atoms with Crippen LogP contribution in [0.25, 0.3) is 0 Å². The molecule has 1 amide bonds. The predicted octanol–water partition coefficient (Wildman–Crippen LogP) is 1.73. The number of rotatable bonds is 1. The van der Waals surface area contributed by atoms with Crippen LogP contribution in [0.3, 0.4) is 0 Å². The summed E-state index contributed by atoms with van der Waals surface area (Å²) >= 11 is 0. The van der Waals surface area contributed by atoms with Crippen molar-refractivity contribution in [3.05, 3.63) is 17.5 Å². The van der Waals surface area contributed by atoms with Crippen LogP contribution in [0.5, 0.6) is 0 Å². The summed E-state index contributed by atoms with van der Waals surface area (Å²) in [5.74, 6) is 0.422. The lowest BCUT2D eigenvalue weighted by Gasteiger charge is -2.49. The summed E-state index contributed by atoms with van der Waals surface area (Å²) in [7, 11) is 0. The zero-order valence-electron chi connectivity index (χ0n) is 11.4. The van der Waals surface area contributed by atoms with E-state index >= 15 is 0 Å². The fourth-order valence-electron chi connectivity index (χ4n) is 3.44. The first-order valence-corrected chi connectivity index (χ1v) is 7.17. The standard InChI is InChI=1S/C14H21N3O2/c1-11-9-16-19-12(11)13(18)17-8-7-15-10-14(17)5-3-2-4-6-14/h9,15H,2-8,10H2,1H3. The molecule has 104 valence electrons. The second-order valence-electron chi connectivity index (χ2n) is 5.76. The molecule has 0 atom stereocenters. The van der Waals surface area contributed by atoms with Gasteiger partial charge in [-0.25, -0.2) is 0 Å². The number of aryl methyl sites for hydroxylation is 1. The third kappa shape index (κ3) is 2.16. The van der Waals surface area contributed by atoms with Crippen LogP contribution in [0.15, 0.2) is 10.7 Å². The van der Waals surface area contributed by atoms with E-state index in [0.717, 1.165) is 38.0 Å². The maximum Gasteiger partial charge on any atom is 0.293 e. The number of hydrogen-bond donors (Lipinski definition) is 1. The Hall–Kier alpha value is -1.36. The number of carbonyl (C=O) groups is 1. The van der Waals surface area contributed by atoms with Crippen LogP contribution in [-0.4, -0.2) is 41.1 Å². The quantitative estimate of drug-likeness (QED) is 0.838. The summed E-state index contributed by atoms with van der Waals surface area (Å²) in [6.07, 6.45) is 7.51. The van der Waals surface area contributed by atoms with E-state index in [1.54, 1.807) is 6.20 Å². The Kier molecular flexibility index (Phi) is 3.31. The molecule has 1 aliphatic carbocycles. The third-order valence-corrected chi connectivity index (χ3v) is 4.51. The lowest BCUT2D eigenvalue weighted by Crippen LogP contribution is -2.63. The lowest BCUT2D eigenvalue weighted by atomic mass is 9.79. The van der Waals surface area contributed by atoms with Gasteiger partial charge in [0, 0.05) is 25.2 Å². The fraction of sp³-hybridized carbons (Fsp3) is 0.714. The molecule has 1 saturated heterocycles. The normalized spacial score (nSPS) is 22.7. The van der Waals surface area contributed by atoms with Gasteiger partial charge in [0.1, 0.15) is 0 Å². The van der Waals surface area contributed by atoms with Crippen molar-refractivity contribution in [1.29, 1.82) is 0 Å². The second kappa shape index (κ2) is 4.96. The molecule has 1 aromatic rings. The molecule has 0 aromatic carbocycles. The van der Waals surface area contributed by atoms with Crippen molar-refractivity contribution < 1.29 is 9.32 Å². The molecule has 3 rings (SSSR count). The van der Waals surface area contributed by atoms with Crippen molar-refractivity contribution in [3.63, 3.8) is 0 Å². The maximum atomic E-state index is 12.7. The molecular weight excluding hydrogens is 242 g/mol. The van der Waals surface area contributed by atoms with Crippen molar-refractivity contribution in [3.8, 4) is 0 Å². The molecule has 2 aliphatic rings. The largest absolute Gasteiger partial charge is 0.351 e. The van der Waals surface area contributed by atoms with E-state index in [0.29, 0.717) is 5.76 Å². The molecule has 1 aromatic heterocycles. The Bertz CT molecular complexity index is 455. The summed E-state index contributed by atoms with van der Waals surface area (Å²) in [5, 5.41) is 7.18. The topological polar surface area (TPSA) is 58.4 Å². The van der Waals surface area contributed by atoms with E-state index in [1.807, 2.05) is 11.8 Å². The van der Waals surface area contributed by atoms with Gasteiger partial charge in [0.25, 0.3) is 5.91 Å². The number of aromatic nitrogens is 1. The molecule has 5 nitrogen and oxygen atoms in total. The number of carbonyl (C=O) groups excluding carboxylic acids is 1. The smallest absolute Gasteiger partial charge is 0.293 e. The van der Waals surface area contributed by atoms with Crippen LogP contribution in [-0.2, 0) is 0 Å². The Morgan fingerprint density at radius 3 is 2.89 bits per heavy atom. The zero-order valence-corrected chi connectivity index (χ0v) is 11.4. The van der Waals surface area contributed by atoms with Crippen molar-refractivity contribution >= 4 is 5.91 Å². The Morgan fingerprint density at radius 2 is 2.21 bits per heavy atom. The Balaban J connectivity index is 1.88. The van der Waals surface area contributed by atoms with Gasteiger partial charge < -0.3 is 14.7 Å². The molecular formula is C14H21N3O2. The number of amides is 1. The van der Waals surface area contributed by atoms with E-state index in [-0.39, 0.29) is 11.4 Å². The molecule has 0 bridgehead atoms. The summed E-state index contributed by atoms with van der Waals surface area (Å²) in [5.41, 5.74) is 0.821. The van der Waals surface area contributed by atoms with Crippen LogP contribution < -0.4 is 5.32 Å². The molecule has 1 N–H and O–H groups in total. The minimum Gasteiger partial charge on any atom is -0.351 e. The summed E-state index contributed by atoms with van der Waals surface area (Å²) in [4.78, 5) is 14.8. The molecule has 5 heteroatoms. The van der Waals surface area contributed by atoms with Crippen LogP contribution in [0.2, 0.25) is 0 Å². The van der Waals surface area contributed by atoms with Gasteiger partial charge in [-0.1, -0.05) is 24.4 Å². The first kappa shape index (κ1) is 12.7. The number of piperazine rings is 1. The van der Waals surface area contributed by atoms with Crippen LogP contribution >= 0.6 is 0 Å². The van der Waals surface area contributed by atoms with E-state index in [9.17, 15) is 4.79 Å². The van der Waals surface area contributed by atoms with E-state index < -0.39 is 0 Å². The molecule has 0 radical (unpaired) electrons. The number of hydrogen-bond acceptors (Lipinski definition) is 4. The van der Waals surface area contributed by atoms with E-state index in [4.69, 9.17) is 4.52 Å². The highest BCUT2D eigenvalue weighted by Gasteiger charge is 2.43. The summed E-state index contributed by atoms with van der Waals surface area (Å²) in [6.45, 7) is 4.41. The minimum atomic E-state index is -0.00713. The first-order valence-electron chi connectivity index (χ1n) is 7.17. The summed E-state index contributed by atoms with van der Waals surface area (Å²) in [6, 6.07) is 0. The Labute approximate surface area is 113 Å². The van der Waals surface area contributed by atoms with Gasteiger partial charge in [-0.05, 0) is 19.8 Å². The third-order valence-electron chi connectivity index (χ3n) is 4.51. The van der Waals surface area contributed by atoms with Gasteiger partial charge in [-0.2, -0.15) is 0 Å². The highest BCUT2D eigenvalue weighted by molar-refractivity contribution is 5.93. The van der Waals surface area contributed by atoms with Crippen molar-refractivity contribution in [2.45, 2.75) is 44.6 Å². The molecule has 0 unspecified atom stereocenters. The zero-order chi connectivity index (χ0) is 13.3. The molecule has 1 spiro atoms. The molecule has 2 fully saturated rings. The highest BCUT2D eigenvalue weighted by atomic mass is 16.5.